The summed E-state index contributed by atoms with van der Waals surface area (Å²) in [5, 5.41) is 10.6. The van der Waals surface area contributed by atoms with Gasteiger partial charge in [0.05, 0.1) is 26.4 Å². The molecule has 0 aromatic rings. The van der Waals surface area contributed by atoms with Crippen molar-refractivity contribution in [3.05, 3.63) is 0 Å². The van der Waals surface area contributed by atoms with Crippen molar-refractivity contribution in [3.63, 3.8) is 0 Å². The Balaban J connectivity index is 5.25. The fourth-order valence-electron chi connectivity index (χ4n) is 12.0. The second-order valence-corrected chi connectivity index (χ2v) is 31.3. The Morgan fingerprint density at radius 1 is 0.289 bits per heavy atom. The number of aliphatic hydroxyl groups excluding tert-OH is 1. The molecule has 0 fully saturated rings. The van der Waals surface area contributed by atoms with E-state index in [9.17, 15) is 43.2 Å². The van der Waals surface area contributed by atoms with Crippen LogP contribution in [0, 0.1) is 5.92 Å². The van der Waals surface area contributed by atoms with E-state index in [2.05, 4.69) is 34.6 Å². The summed E-state index contributed by atoms with van der Waals surface area (Å²) in [4.78, 5) is 72.9. The molecule has 0 rings (SSSR count). The molecule has 0 aliphatic carbocycles. The van der Waals surface area contributed by atoms with Gasteiger partial charge >= 0.3 is 39.5 Å². The summed E-state index contributed by atoms with van der Waals surface area (Å²) in [5.41, 5.74) is 0. The molecular formula is C78H152O17P2. The molecule has 17 nitrogen and oxygen atoms in total. The van der Waals surface area contributed by atoms with E-state index in [1.807, 2.05) is 0 Å². The van der Waals surface area contributed by atoms with E-state index in [1.54, 1.807) is 0 Å². The molecular weight excluding hydrogens is 1270 g/mol. The summed E-state index contributed by atoms with van der Waals surface area (Å²) in [5.74, 6) is -1.26. The van der Waals surface area contributed by atoms with Crippen LogP contribution in [0.4, 0.5) is 0 Å². The van der Waals surface area contributed by atoms with Crippen LogP contribution in [-0.4, -0.2) is 96.7 Å². The highest BCUT2D eigenvalue weighted by Gasteiger charge is 2.30. The van der Waals surface area contributed by atoms with Crippen LogP contribution in [0.3, 0.4) is 0 Å². The number of aliphatic hydroxyl groups is 1. The van der Waals surface area contributed by atoms with Crippen LogP contribution in [-0.2, 0) is 65.4 Å². The first-order valence-electron chi connectivity index (χ1n) is 40.7. The Bertz CT molecular complexity index is 1860. The monoisotopic (exact) mass is 1420 g/mol. The maximum absolute atomic E-state index is 13.1. The summed E-state index contributed by atoms with van der Waals surface area (Å²) in [6, 6.07) is 0. The average Bonchev–Trinajstić information content (AvgIpc) is 1.60. The van der Waals surface area contributed by atoms with E-state index in [-0.39, 0.29) is 25.7 Å². The lowest BCUT2D eigenvalue weighted by molar-refractivity contribution is -0.161. The summed E-state index contributed by atoms with van der Waals surface area (Å²) in [7, 11) is -9.91. The third-order valence-electron chi connectivity index (χ3n) is 18.6. The van der Waals surface area contributed by atoms with E-state index in [0.717, 1.165) is 95.8 Å². The Labute approximate surface area is 594 Å². The lowest BCUT2D eigenvalue weighted by atomic mass is 9.99. The van der Waals surface area contributed by atoms with E-state index in [4.69, 9.17) is 37.0 Å². The first-order chi connectivity index (χ1) is 47.1. The van der Waals surface area contributed by atoms with Crippen molar-refractivity contribution < 1.29 is 80.2 Å². The number of hydrogen-bond acceptors (Lipinski definition) is 15. The Hall–Kier alpha value is -1.94. The standard InChI is InChI=1S/C78H152O17P2/c1-6-10-13-16-19-22-25-28-29-33-38-42-47-52-57-62-76(81)89-68-74(95-78(83)64-59-54-49-44-39-34-31-30-32-35-40-45-50-55-60-71(5)9-4)70-93-97(86,87)91-66-72(79)65-90-96(84,85)92-69-73(94-77(82)63-58-53-48-43-37-27-24-21-18-15-12-8-3)67-88-75(80)61-56-51-46-41-36-26-23-20-17-14-11-7-2/h71-74,79H,6-70H2,1-5H3,(H,84,85)(H,86,87)/t71?,72-,73+,74+/m0/s1. The van der Waals surface area contributed by atoms with Gasteiger partial charge in [0, 0.05) is 25.7 Å². The number of carbonyl (C=O) groups is 4. The molecule has 3 N–H and O–H groups in total. The molecule has 6 atom stereocenters. The average molecular weight is 1420 g/mol. The van der Waals surface area contributed by atoms with Crippen molar-refractivity contribution in [1.29, 1.82) is 0 Å². The Morgan fingerprint density at radius 3 is 0.732 bits per heavy atom. The van der Waals surface area contributed by atoms with Crippen molar-refractivity contribution in [1.82, 2.24) is 0 Å². The Kier molecular flexibility index (Phi) is 69.6. The molecule has 0 aliphatic rings. The number of esters is 4. The van der Waals surface area contributed by atoms with Gasteiger partial charge < -0.3 is 33.8 Å². The molecule has 0 radical (unpaired) electrons. The molecule has 0 aliphatic heterocycles. The molecule has 576 valence electrons. The lowest BCUT2D eigenvalue weighted by Crippen LogP contribution is -2.30. The quantitative estimate of drug-likeness (QED) is 0.0222. The summed E-state index contributed by atoms with van der Waals surface area (Å²) < 4.78 is 68.6. The molecule has 0 heterocycles. The van der Waals surface area contributed by atoms with E-state index >= 15 is 0 Å². The van der Waals surface area contributed by atoms with Crippen molar-refractivity contribution in [2.24, 2.45) is 5.92 Å². The lowest BCUT2D eigenvalue weighted by Gasteiger charge is -2.21. The second-order valence-electron chi connectivity index (χ2n) is 28.3. The third-order valence-corrected chi connectivity index (χ3v) is 20.5. The van der Waals surface area contributed by atoms with Gasteiger partial charge in [-0.25, -0.2) is 9.13 Å². The number of phosphoric ester groups is 2. The number of hydrogen-bond donors (Lipinski definition) is 3. The van der Waals surface area contributed by atoms with Gasteiger partial charge in [0.25, 0.3) is 0 Å². The molecule has 0 bridgehead atoms. The SMILES string of the molecule is CCCCCCCCCCCCCCCCCC(=O)OC[C@H](COP(=O)(O)OC[C@@H](O)COP(=O)(O)OC[C@@H](COC(=O)CCCCCCCCCCCCCC)OC(=O)CCCCCCCCCCCCCC)OC(=O)CCCCCCCCCCCCCCCCC(C)CC. The number of ether oxygens (including phenoxy) is 4. The highest BCUT2D eigenvalue weighted by atomic mass is 31.2. The highest BCUT2D eigenvalue weighted by Crippen LogP contribution is 2.45. The maximum Gasteiger partial charge on any atom is 0.472 e. The molecule has 0 aromatic carbocycles. The van der Waals surface area contributed by atoms with Crippen LogP contribution in [0.1, 0.15) is 413 Å². The third kappa shape index (κ3) is 70.9. The highest BCUT2D eigenvalue weighted by molar-refractivity contribution is 7.47. The van der Waals surface area contributed by atoms with Gasteiger partial charge in [-0.1, -0.05) is 362 Å². The predicted octanol–water partition coefficient (Wildman–Crippen LogP) is 23.3. The van der Waals surface area contributed by atoms with Crippen LogP contribution < -0.4 is 0 Å². The van der Waals surface area contributed by atoms with Gasteiger partial charge in [-0.05, 0) is 31.6 Å². The molecule has 19 heteroatoms. The first kappa shape index (κ1) is 95.1. The van der Waals surface area contributed by atoms with E-state index in [0.29, 0.717) is 25.7 Å². The van der Waals surface area contributed by atoms with Crippen LogP contribution in [0.2, 0.25) is 0 Å². The zero-order valence-corrected chi connectivity index (χ0v) is 65.0. The van der Waals surface area contributed by atoms with Crippen molar-refractivity contribution >= 4 is 39.5 Å². The zero-order valence-electron chi connectivity index (χ0n) is 63.2. The summed E-state index contributed by atoms with van der Waals surface area (Å²) in [6.07, 6.45) is 60.7. The van der Waals surface area contributed by atoms with Crippen LogP contribution in [0.5, 0.6) is 0 Å². The van der Waals surface area contributed by atoms with Crippen LogP contribution >= 0.6 is 15.6 Å². The zero-order chi connectivity index (χ0) is 71.2. The van der Waals surface area contributed by atoms with Gasteiger partial charge in [0.1, 0.15) is 19.3 Å². The number of phosphoric acid groups is 2. The molecule has 0 amide bonds. The largest absolute Gasteiger partial charge is 0.472 e. The normalized spacial score (nSPS) is 14.2. The molecule has 3 unspecified atom stereocenters. The van der Waals surface area contributed by atoms with Crippen molar-refractivity contribution in [3.8, 4) is 0 Å². The second kappa shape index (κ2) is 71.1. The minimum Gasteiger partial charge on any atom is -0.462 e. The number of carbonyl (C=O) groups excluding carboxylic acids is 4. The van der Waals surface area contributed by atoms with Gasteiger partial charge in [0.15, 0.2) is 12.2 Å². The fourth-order valence-corrected chi connectivity index (χ4v) is 13.6. The van der Waals surface area contributed by atoms with Gasteiger partial charge in [0.2, 0.25) is 0 Å². The van der Waals surface area contributed by atoms with E-state index < -0.39 is 97.5 Å². The molecule has 0 saturated heterocycles. The first-order valence-corrected chi connectivity index (χ1v) is 43.7. The van der Waals surface area contributed by atoms with Gasteiger partial charge in [-0.15, -0.1) is 0 Å². The predicted molar refractivity (Wildman–Crippen MR) is 395 cm³/mol. The Morgan fingerprint density at radius 2 is 0.495 bits per heavy atom. The van der Waals surface area contributed by atoms with Crippen molar-refractivity contribution in [2.45, 2.75) is 432 Å². The minimum absolute atomic E-state index is 0.108. The molecule has 0 spiro atoms. The smallest absolute Gasteiger partial charge is 0.462 e. The number of unbranched alkanes of at least 4 members (excludes halogenated alkanes) is 49. The fraction of sp³-hybridized carbons (Fsp3) is 0.949. The van der Waals surface area contributed by atoms with Gasteiger partial charge in [-0.2, -0.15) is 0 Å². The van der Waals surface area contributed by atoms with Gasteiger partial charge in [-0.3, -0.25) is 37.3 Å². The van der Waals surface area contributed by atoms with Crippen LogP contribution in [0.15, 0.2) is 0 Å². The topological polar surface area (TPSA) is 237 Å². The summed E-state index contributed by atoms with van der Waals surface area (Å²) in [6.45, 7) is 7.37. The number of rotatable bonds is 78. The molecule has 97 heavy (non-hydrogen) atoms. The summed E-state index contributed by atoms with van der Waals surface area (Å²) >= 11 is 0. The van der Waals surface area contributed by atoms with E-state index in [1.165, 1.54) is 238 Å². The molecule has 0 aromatic heterocycles. The maximum atomic E-state index is 13.1. The van der Waals surface area contributed by atoms with Crippen molar-refractivity contribution in [2.75, 3.05) is 39.6 Å². The van der Waals surface area contributed by atoms with Crippen LogP contribution in [0.25, 0.3) is 0 Å². The minimum atomic E-state index is -4.96. The molecule has 0 saturated carbocycles.